The molecule has 0 atom stereocenters. The Balaban J connectivity index is 2.11. The molecule has 19 heavy (non-hydrogen) atoms. The molecule has 0 heterocycles. The molecule has 0 aromatic heterocycles. The Bertz CT molecular complexity index is 577. The summed E-state index contributed by atoms with van der Waals surface area (Å²) in [5.41, 5.74) is 2.75. The van der Waals surface area contributed by atoms with E-state index in [0.717, 1.165) is 11.1 Å². The molecule has 0 saturated carbocycles. The molecule has 0 radical (unpaired) electrons. The van der Waals surface area contributed by atoms with E-state index < -0.39 is 11.8 Å². The Labute approximate surface area is 111 Å². The van der Waals surface area contributed by atoms with Crippen LogP contribution in [0, 0.1) is 0 Å². The van der Waals surface area contributed by atoms with E-state index in [1.807, 2.05) is 42.5 Å². The number of likely N-dealkylation sites (N-methyl/N-ethyl adjacent to an activating group) is 1. The number of rotatable bonds is 2. The highest BCUT2D eigenvalue weighted by molar-refractivity contribution is 6.39. The molecule has 0 fully saturated rings. The van der Waals surface area contributed by atoms with Crippen molar-refractivity contribution in [1.29, 1.82) is 0 Å². The average molecular weight is 254 g/mol. The van der Waals surface area contributed by atoms with Gasteiger partial charge < -0.3 is 10.6 Å². The van der Waals surface area contributed by atoms with Crippen molar-refractivity contribution in [2.45, 2.75) is 0 Å². The zero-order valence-electron chi connectivity index (χ0n) is 10.5. The van der Waals surface area contributed by atoms with Gasteiger partial charge in [0.15, 0.2) is 0 Å². The van der Waals surface area contributed by atoms with Gasteiger partial charge in [-0.2, -0.15) is 0 Å². The van der Waals surface area contributed by atoms with E-state index in [-0.39, 0.29) is 0 Å². The maximum absolute atomic E-state index is 11.4. The van der Waals surface area contributed by atoms with Crippen LogP contribution in [0.25, 0.3) is 11.1 Å². The second kappa shape index (κ2) is 5.82. The topological polar surface area (TPSA) is 58.2 Å². The summed E-state index contributed by atoms with van der Waals surface area (Å²) in [6.07, 6.45) is 0. The van der Waals surface area contributed by atoms with Gasteiger partial charge >= 0.3 is 11.8 Å². The van der Waals surface area contributed by atoms with Gasteiger partial charge in [-0.25, -0.2) is 0 Å². The smallest absolute Gasteiger partial charge is 0.313 e. The number of carbonyl (C=O) groups is 2. The van der Waals surface area contributed by atoms with Crippen LogP contribution in [-0.4, -0.2) is 18.9 Å². The monoisotopic (exact) mass is 254 g/mol. The van der Waals surface area contributed by atoms with Gasteiger partial charge in [-0.15, -0.1) is 0 Å². The van der Waals surface area contributed by atoms with Crippen molar-refractivity contribution in [2.24, 2.45) is 0 Å². The van der Waals surface area contributed by atoms with Crippen molar-refractivity contribution in [1.82, 2.24) is 5.32 Å². The fraction of sp³-hybridized carbons (Fsp3) is 0.0667. The van der Waals surface area contributed by atoms with Crippen molar-refractivity contribution in [2.75, 3.05) is 12.4 Å². The summed E-state index contributed by atoms with van der Waals surface area (Å²) >= 11 is 0. The molecule has 0 saturated heterocycles. The van der Waals surface area contributed by atoms with E-state index in [0.29, 0.717) is 5.69 Å². The lowest BCUT2D eigenvalue weighted by Gasteiger charge is -2.06. The van der Waals surface area contributed by atoms with Gasteiger partial charge in [0.1, 0.15) is 0 Å². The second-order valence-electron chi connectivity index (χ2n) is 3.98. The quantitative estimate of drug-likeness (QED) is 0.806. The maximum atomic E-state index is 11.4. The molecule has 2 amide bonds. The predicted octanol–water partition coefficient (Wildman–Crippen LogP) is 2.04. The molecule has 2 rings (SSSR count). The lowest BCUT2D eigenvalue weighted by molar-refractivity contribution is -0.135. The molecule has 4 nitrogen and oxygen atoms in total. The van der Waals surface area contributed by atoms with Gasteiger partial charge in [0, 0.05) is 12.7 Å². The van der Waals surface area contributed by atoms with Crippen LogP contribution in [0.3, 0.4) is 0 Å². The van der Waals surface area contributed by atoms with E-state index in [4.69, 9.17) is 0 Å². The Morgan fingerprint density at radius 1 is 0.789 bits per heavy atom. The average Bonchev–Trinajstić information content (AvgIpc) is 2.48. The molecule has 0 aliphatic carbocycles. The molecule has 0 unspecified atom stereocenters. The number of amides is 2. The van der Waals surface area contributed by atoms with Gasteiger partial charge in [0.2, 0.25) is 0 Å². The van der Waals surface area contributed by atoms with Gasteiger partial charge in [-0.05, 0) is 23.3 Å². The number of anilines is 1. The lowest BCUT2D eigenvalue weighted by atomic mass is 10.1. The highest BCUT2D eigenvalue weighted by atomic mass is 16.2. The highest BCUT2D eigenvalue weighted by Crippen LogP contribution is 2.20. The zero-order chi connectivity index (χ0) is 13.7. The first-order valence-electron chi connectivity index (χ1n) is 5.89. The van der Waals surface area contributed by atoms with E-state index >= 15 is 0 Å². The predicted molar refractivity (Wildman–Crippen MR) is 74.6 cm³/mol. The van der Waals surface area contributed by atoms with Crippen LogP contribution < -0.4 is 10.6 Å². The van der Waals surface area contributed by atoms with Gasteiger partial charge in [-0.3, -0.25) is 9.59 Å². The van der Waals surface area contributed by atoms with Gasteiger partial charge in [-0.1, -0.05) is 42.5 Å². The lowest BCUT2D eigenvalue weighted by Crippen LogP contribution is -2.32. The molecule has 0 spiro atoms. The number of carbonyl (C=O) groups excluding carboxylic acids is 2. The van der Waals surface area contributed by atoms with Crippen LogP contribution in [0.5, 0.6) is 0 Å². The number of hydrogen-bond acceptors (Lipinski definition) is 2. The number of nitrogens with one attached hydrogen (secondary N) is 2. The molecule has 0 bridgehead atoms. The number of hydrogen-bond donors (Lipinski definition) is 2. The standard InChI is InChI=1S/C15H14N2O2/c1-16-14(18)15(19)17-13-9-7-12(8-10-13)11-5-3-2-4-6-11/h2-10H,1H3,(H,16,18)(H,17,19). The van der Waals surface area contributed by atoms with Crippen LogP contribution in [0.4, 0.5) is 5.69 Å². The summed E-state index contributed by atoms with van der Waals surface area (Å²) in [5.74, 6) is -1.33. The van der Waals surface area contributed by atoms with Crippen LogP contribution in [0.2, 0.25) is 0 Å². The van der Waals surface area contributed by atoms with Crippen molar-refractivity contribution < 1.29 is 9.59 Å². The minimum absolute atomic E-state index is 0.591. The Kier molecular flexibility index (Phi) is 3.93. The van der Waals surface area contributed by atoms with Crippen molar-refractivity contribution >= 4 is 17.5 Å². The van der Waals surface area contributed by atoms with Crippen molar-refractivity contribution in [3.63, 3.8) is 0 Å². The number of benzene rings is 2. The fourth-order valence-corrected chi connectivity index (χ4v) is 1.68. The Hall–Kier alpha value is -2.62. The molecule has 0 aliphatic heterocycles. The molecule has 0 aliphatic rings. The minimum atomic E-state index is -0.671. The summed E-state index contributed by atoms with van der Waals surface area (Å²) in [6.45, 7) is 0. The maximum Gasteiger partial charge on any atom is 0.313 e. The molecule has 2 aromatic carbocycles. The van der Waals surface area contributed by atoms with E-state index in [9.17, 15) is 9.59 Å². The summed E-state index contributed by atoms with van der Waals surface area (Å²) in [5, 5.41) is 4.79. The molecule has 4 heteroatoms. The van der Waals surface area contributed by atoms with Crippen molar-refractivity contribution in [3.8, 4) is 11.1 Å². The summed E-state index contributed by atoms with van der Waals surface area (Å²) < 4.78 is 0. The van der Waals surface area contributed by atoms with Crippen LogP contribution in [0.15, 0.2) is 54.6 Å². The normalized spacial score (nSPS) is 9.74. The Morgan fingerprint density at radius 2 is 1.37 bits per heavy atom. The molecule has 2 aromatic rings. The third kappa shape index (κ3) is 3.19. The Morgan fingerprint density at radius 3 is 1.95 bits per heavy atom. The summed E-state index contributed by atoms with van der Waals surface area (Å²) in [4.78, 5) is 22.5. The SMILES string of the molecule is CNC(=O)C(=O)Nc1ccc(-c2ccccc2)cc1. The van der Waals surface area contributed by atoms with E-state index in [1.54, 1.807) is 12.1 Å². The third-order valence-corrected chi connectivity index (χ3v) is 2.68. The first kappa shape index (κ1) is 12.8. The largest absolute Gasteiger partial charge is 0.351 e. The second-order valence-corrected chi connectivity index (χ2v) is 3.98. The third-order valence-electron chi connectivity index (χ3n) is 2.68. The van der Waals surface area contributed by atoms with Crippen LogP contribution >= 0.6 is 0 Å². The highest BCUT2D eigenvalue weighted by Gasteiger charge is 2.10. The molecular weight excluding hydrogens is 240 g/mol. The van der Waals surface area contributed by atoms with Crippen LogP contribution in [0.1, 0.15) is 0 Å². The molecule has 96 valence electrons. The van der Waals surface area contributed by atoms with Gasteiger partial charge in [0.05, 0.1) is 0 Å². The fourth-order valence-electron chi connectivity index (χ4n) is 1.68. The summed E-state index contributed by atoms with van der Waals surface area (Å²) in [7, 11) is 1.42. The van der Waals surface area contributed by atoms with E-state index in [1.165, 1.54) is 7.05 Å². The zero-order valence-corrected chi connectivity index (χ0v) is 10.5. The van der Waals surface area contributed by atoms with Gasteiger partial charge in [0.25, 0.3) is 0 Å². The minimum Gasteiger partial charge on any atom is -0.351 e. The van der Waals surface area contributed by atoms with E-state index in [2.05, 4.69) is 10.6 Å². The first-order valence-corrected chi connectivity index (χ1v) is 5.89. The first-order chi connectivity index (χ1) is 9.20. The summed E-state index contributed by atoms with van der Waals surface area (Å²) in [6, 6.07) is 17.3. The molecular formula is C15H14N2O2. The van der Waals surface area contributed by atoms with Crippen molar-refractivity contribution in [3.05, 3.63) is 54.6 Å². The molecule has 2 N–H and O–H groups in total. The van der Waals surface area contributed by atoms with Crippen LogP contribution in [-0.2, 0) is 9.59 Å².